The van der Waals surface area contributed by atoms with Gasteiger partial charge in [0.25, 0.3) is 0 Å². The maximum atomic E-state index is 12.8. The van der Waals surface area contributed by atoms with E-state index in [2.05, 4.69) is 15.4 Å². The number of carbonyl (C=O) groups excluding carboxylic acids is 1. The van der Waals surface area contributed by atoms with Crippen molar-refractivity contribution in [2.75, 3.05) is 42.9 Å². The second-order valence-corrected chi connectivity index (χ2v) is 8.49. The maximum Gasteiger partial charge on any atom is 0.417 e. The molecule has 3 heterocycles. The number of hydrogen-bond acceptors (Lipinski definition) is 5. The average Bonchev–Trinajstić information content (AvgIpc) is 3.00. The lowest BCUT2D eigenvalue weighted by Gasteiger charge is -2.22. The van der Waals surface area contributed by atoms with E-state index in [1.54, 1.807) is 4.68 Å². The Bertz CT molecular complexity index is 1130. The molecule has 34 heavy (non-hydrogen) atoms. The predicted molar refractivity (Wildman–Crippen MR) is 124 cm³/mol. The van der Waals surface area contributed by atoms with Crippen molar-refractivity contribution >= 4 is 17.5 Å². The first-order valence-electron chi connectivity index (χ1n) is 11.1. The van der Waals surface area contributed by atoms with Crippen molar-refractivity contribution in [3.63, 3.8) is 0 Å². The highest BCUT2D eigenvalue weighted by molar-refractivity contribution is 5.91. The van der Waals surface area contributed by atoms with Crippen LogP contribution in [0.5, 0.6) is 0 Å². The SMILES string of the molecule is Cc1ccc(-n2nc(C)cc2NC(=O)CN2CCCN(c3ccc(C(F)(F)F)cn3)CC2)cc1. The molecule has 0 aliphatic carbocycles. The number of carbonyl (C=O) groups is 1. The van der Waals surface area contributed by atoms with E-state index < -0.39 is 11.7 Å². The van der Waals surface area contributed by atoms with Gasteiger partial charge in [0.2, 0.25) is 5.91 Å². The van der Waals surface area contributed by atoms with Gasteiger partial charge in [0.15, 0.2) is 0 Å². The highest BCUT2D eigenvalue weighted by atomic mass is 19.4. The summed E-state index contributed by atoms with van der Waals surface area (Å²) < 4.78 is 40.1. The molecule has 1 aromatic carbocycles. The summed E-state index contributed by atoms with van der Waals surface area (Å²) in [6.45, 7) is 6.65. The van der Waals surface area contributed by atoms with Gasteiger partial charge < -0.3 is 10.2 Å². The lowest BCUT2D eigenvalue weighted by Crippen LogP contribution is -2.36. The molecule has 1 saturated heterocycles. The van der Waals surface area contributed by atoms with Crippen LogP contribution in [0, 0.1) is 13.8 Å². The van der Waals surface area contributed by atoms with Crippen molar-refractivity contribution in [3.05, 3.63) is 65.5 Å². The van der Waals surface area contributed by atoms with E-state index in [9.17, 15) is 18.0 Å². The minimum atomic E-state index is -4.40. The van der Waals surface area contributed by atoms with Crippen LogP contribution in [0.15, 0.2) is 48.7 Å². The normalized spacial score (nSPS) is 15.3. The molecule has 0 unspecified atom stereocenters. The van der Waals surface area contributed by atoms with Gasteiger partial charge in [0.1, 0.15) is 11.6 Å². The predicted octanol–water partition coefficient (Wildman–Crippen LogP) is 4.05. The molecule has 1 fully saturated rings. The Morgan fingerprint density at radius 2 is 1.79 bits per heavy atom. The lowest BCUT2D eigenvalue weighted by molar-refractivity contribution is -0.137. The first-order chi connectivity index (χ1) is 16.2. The molecular weight excluding hydrogens is 445 g/mol. The number of hydrogen-bond donors (Lipinski definition) is 1. The topological polar surface area (TPSA) is 66.3 Å². The van der Waals surface area contributed by atoms with Crippen molar-refractivity contribution in [2.45, 2.75) is 26.4 Å². The standard InChI is InChI=1S/C24H27F3N6O/c1-17-4-7-20(8-5-17)33-22(14-18(2)30-33)29-23(34)16-31-10-3-11-32(13-12-31)21-9-6-19(15-28-21)24(25,26)27/h4-9,14-15H,3,10-13,16H2,1-2H3,(H,29,34). The number of benzene rings is 1. The summed E-state index contributed by atoms with van der Waals surface area (Å²) in [5.74, 6) is 0.975. The Labute approximate surface area is 196 Å². The Morgan fingerprint density at radius 3 is 2.47 bits per heavy atom. The van der Waals surface area contributed by atoms with Gasteiger partial charge in [-0.15, -0.1) is 0 Å². The minimum Gasteiger partial charge on any atom is -0.355 e. The van der Waals surface area contributed by atoms with E-state index in [4.69, 9.17) is 0 Å². The summed E-state index contributed by atoms with van der Waals surface area (Å²) in [7, 11) is 0. The van der Waals surface area contributed by atoms with Crippen LogP contribution in [0.4, 0.5) is 24.8 Å². The molecule has 1 aliphatic rings. The Morgan fingerprint density at radius 1 is 1.03 bits per heavy atom. The second kappa shape index (κ2) is 9.84. The Hall–Kier alpha value is -3.40. The van der Waals surface area contributed by atoms with E-state index in [1.807, 2.05) is 54.0 Å². The number of amides is 1. The molecule has 0 spiro atoms. The second-order valence-electron chi connectivity index (χ2n) is 8.49. The lowest BCUT2D eigenvalue weighted by atomic mass is 10.2. The molecular formula is C24H27F3N6O. The van der Waals surface area contributed by atoms with Crippen LogP contribution in [0.25, 0.3) is 5.69 Å². The summed E-state index contributed by atoms with van der Waals surface area (Å²) >= 11 is 0. The first kappa shape index (κ1) is 23.7. The third-order valence-electron chi connectivity index (χ3n) is 5.73. The van der Waals surface area contributed by atoms with Crippen LogP contribution in [0.1, 0.15) is 23.2 Å². The van der Waals surface area contributed by atoms with Gasteiger partial charge in [0, 0.05) is 38.4 Å². The fraction of sp³-hybridized carbons (Fsp3) is 0.375. The van der Waals surface area contributed by atoms with Gasteiger partial charge in [-0.3, -0.25) is 9.69 Å². The molecule has 3 aromatic rings. The van der Waals surface area contributed by atoms with Gasteiger partial charge in [-0.25, -0.2) is 9.67 Å². The summed E-state index contributed by atoms with van der Waals surface area (Å²) in [5.41, 5.74) is 2.04. The summed E-state index contributed by atoms with van der Waals surface area (Å²) in [6.07, 6.45) is -2.76. The Balaban J connectivity index is 1.35. The van der Waals surface area contributed by atoms with E-state index in [-0.39, 0.29) is 12.5 Å². The van der Waals surface area contributed by atoms with E-state index in [0.29, 0.717) is 37.8 Å². The number of pyridine rings is 1. The Kier molecular flexibility index (Phi) is 6.87. The fourth-order valence-corrected chi connectivity index (χ4v) is 3.96. The van der Waals surface area contributed by atoms with Crippen LogP contribution >= 0.6 is 0 Å². The molecule has 0 atom stereocenters. The number of halogens is 3. The third kappa shape index (κ3) is 5.74. The number of aryl methyl sites for hydroxylation is 2. The zero-order valence-electron chi connectivity index (χ0n) is 19.1. The number of nitrogens with one attached hydrogen (secondary N) is 1. The molecule has 1 amide bonds. The third-order valence-corrected chi connectivity index (χ3v) is 5.73. The van der Waals surface area contributed by atoms with Crippen LogP contribution in [-0.4, -0.2) is 58.3 Å². The number of alkyl halides is 3. The van der Waals surface area contributed by atoms with Crippen LogP contribution < -0.4 is 10.2 Å². The smallest absolute Gasteiger partial charge is 0.355 e. The van der Waals surface area contributed by atoms with Crippen molar-refractivity contribution in [1.82, 2.24) is 19.7 Å². The van der Waals surface area contributed by atoms with E-state index in [0.717, 1.165) is 35.6 Å². The largest absolute Gasteiger partial charge is 0.417 e. The van der Waals surface area contributed by atoms with Gasteiger partial charge in [-0.2, -0.15) is 18.3 Å². The zero-order valence-corrected chi connectivity index (χ0v) is 19.1. The van der Waals surface area contributed by atoms with E-state index >= 15 is 0 Å². The zero-order chi connectivity index (χ0) is 24.3. The first-order valence-corrected chi connectivity index (χ1v) is 11.1. The number of anilines is 2. The highest BCUT2D eigenvalue weighted by Gasteiger charge is 2.31. The van der Waals surface area contributed by atoms with Crippen LogP contribution in [0.3, 0.4) is 0 Å². The molecule has 180 valence electrons. The van der Waals surface area contributed by atoms with Crippen LogP contribution in [-0.2, 0) is 11.0 Å². The van der Waals surface area contributed by atoms with Gasteiger partial charge in [0.05, 0.1) is 23.5 Å². The maximum absolute atomic E-state index is 12.8. The van der Waals surface area contributed by atoms with Gasteiger partial charge in [-0.05, 0) is 44.5 Å². The van der Waals surface area contributed by atoms with Gasteiger partial charge >= 0.3 is 6.18 Å². The molecule has 0 bridgehead atoms. The molecule has 1 aliphatic heterocycles. The summed E-state index contributed by atoms with van der Waals surface area (Å²) in [4.78, 5) is 20.8. The monoisotopic (exact) mass is 472 g/mol. The quantitative estimate of drug-likeness (QED) is 0.607. The van der Waals surface area contributed by atoms with Crippen molar-refractivity contribution in [2.24, 2.45) is 0 Å². The molecule has 4 rings (SSSR count). The molecule has 1 N–H and O–H groups in total. The number of nitrogens with zero attached hydrogens (tertiary/aromatic N) is 5. The van der Waals surface area contributed by atoms with Crippen molar-refractivity contribution in [1.29, 1.82) is 0 Å². The number of rotatable bonds is 5. The minimum absolute atomic E-state index is 0.144. The summed E-state index contributed by atoms with van der Waals surface area (Å²) in [6, 6.07) is 12.2. The molecule has 0 radical (unpaired) electrons. The van der Waals surface area contributed by atoms with Crippen LogP contribution in [0.2, 0.25) is 0 Å². The average molecular weight is 473 g/mol. The highest BCUT2D eigenvalue weighted by Crippen LogP contribution is 2.29. The van der Waals surface area contributed by atoms with Gasteiger partial charge in [-0.1, -0.05) is 17.7 Å². The molecule has 0 saturated carbocycles. The molecule has 2 aromatic heterocycles. The van der Waals surface area contributed by atoms with Crippen molar-refractivity contribution in [3.8, 4) is 5.69 Å². The fourth-order valence-electron chi connectivity index (χ4n) is 3.96. The number of aromatic nitrogens is 3. The van der Waals surface area contributed by atoms with E-state index in [1.165, 1.54) is 6.07 Å². The summed E-state index contributed by atoms with van der Waals surface area (Å²) in [5, 5.41) is 7.46. The van der Waals surface area contributed by atoms with Crippen molar-refractivity contribution < 1.29 is 18.0 Å². The molecule has 10 heteroatoms. The molecule has 7 nitrogen and oxygen atoms in total.